The van der Waals surface area contributed by atoms with E-state index in [0.29, 0.717) is 5.56 Å². The van der Waals surface area contributed by atoms with E-state index in [9.17, 15) is 8.78 Å². The topological polar surface area (TPSA) is 0 Å². The molecule has 0 atom stereocenters. The summed E-state index contributed by atoms with van der Waals surface area (Å²) in [6.07, 6.45) is -0.820. The zero-order valence-electron chi connectivity index (χ0n) is 6.23. The van der Waals surface area contributed by atoms with Crippen molar-refractivity contribution in [3.05, 3.63) is 41.5 Å². The molecule has 0 N–H and O–H groups in total. The molecule has 0 fully saturated rings. The van der Waals surface area contributed by atoms with Crippen LogP contribution >= 0.6 is 15.9 Å². The van der Waals surface area contributed by atoms with E-state index >= 15 is 0 Å². The lowest BCUT2D eigenvalue weighted by Gasteiger charge is -1.95. The second-order valence-electron chi connectivity index (χ2n) is 2.31. The van der Waals surface area contributed by atoms with Gasteiger partial charge in [-0.2, -0.15) is 8.78 Å². The van der Waals surface area contributed by atoms with Gasteiger partial charge < -0.3 is 0 Å². The molecule has 0 aromatic heterocycles. The highest BCUT2D eigenvalue weighted by molar-refractivity contribution is 9.08. The van der Waals surface area contributed by atoms with Crippen molar-refractivity contribution in [3.63, 3.8) is 0 Å². The first kappa shape index (κ1) is 9.39. The molecule has 1 rings (SSSR count). The van der Waals surface area contributed by atoms with Crippen molar-refractivity contribution in [3.8, 4) is 0 Å². The molecule has 0 saturated heterocycles. The van der Waals surface area contributed by atoms with Gasteiger partial charge in [0.2, 0.25) is 0 Å². The Bertz CT molecular complexity index is 273. The van der Waals surface area contributed by atoms with Gasteiger partial charge in [-0.15, -0.1) is 0 Å². The Labute approximate surface area is 78.0 Å². The molecule has 12 heavy (non-hydrogen) atoms. The van der Waals surface area contributed by atoms with Gasteiger partial charge in [0, 0.05) is 11.4 Å². The molecule has 3 heteroatoms. The summed E-state index contributed by atoms with van der Waals surface area (Å²) in [7, 11) is 0. The first-order chi connectivity index (χ1) is 5.72. The maximum absolute atomic E-state index is 11.8. The Morgan fingerprint density at radius 2 is 1.83 bits per heavy atom. The second-order valence-corrected chi connectivity index (χ2v) is 2.87. The molecule has 0 spiro atoms. The molecule has 0 unspecified atom stereocenters. The van der Waals surface area contributed by atoms with Crippen molar-refractivity contribution in [2.75, 3.05) is 0 Å². The summed E-state index contributed by atoms with van der Waals surface area (Å²) in [5.74, 6) is 0. The van der Waals surface area contributed by atoms with Gasteiger partial charge in [-0.25, -0.2) is 0 Å². The predicted octanol–water partition coefficient (Wildman–Crippen LogP) is 3.82. The van der Waals surface area contributed by atoms with Crippen molar-refractivity contribution < 1.29 is 8.78 Å². The summed E-state index contributed by atoms with van der Waals surface area (Å²) in [5.41, 5.74) is 1.60. The summed E-state index contributed by atoms with van der Waals surface area (Å²) in [6.45, 7) is 0. The second kappa shape index (κ2) is 4.36. The summed E-state index contributed by atoms with van der Waals surface area (Å²) in [5, 5.41) is 0.745. The lowest BCUT2D eigenvalue weighted by Crippen LogP contribution is -1.77. The predicted molar refractivity (Wildman–Crippen MR) is 49.3 cm³/mol. The molecule has 1 aromatic rings. The molecule has 0 aliphatic rings. The number of rotatable bonds is 2. The highest BCUT2D eigenvalue weighted by Gasteiger charge is 1.92. The number of hydrogen-bond acceptors (Lipinski definition) is 0. The summed E-state index contributed by atoms with van der Waals surface area (Å²) in [4.78, 5) is 0. The van der Waals surface area contributed by atoms with Gasteiger partial charge >= 0.3 is 0 Å². The third-order valence-corrected chi connectivity index (χ3v) is 2.06. The Morgan fingerprint density at radius 1 is 1.25 bits per heavy atom. The van der Waals surface area contributed by atoms with E-state index in [1.54, 1.807) is 12.1 Å². The van der Waals surface area contributed by atoms with Crippen LogP contribution in [-0.2, 0) is 5.33 Å². The standard InChI is InChI=1S/C9H7BrF2/c10-6-8-3-1-7(2-4-8)5-9(11)12/h1-5H,6H2. The maximum Gasteiger partial charge on any atom is 0.270 e. The van der Waals surface area contributed by atoms with Crippen LogP contribution in [0, 0.1) is 0 Å². The normalized spacial score (nSPS) is 9.58. The fourth-order valence-corrected chi connectivity index (χ4v) is 1.20. The van der Waals surface area contributed by atoms with E-state index in [1.807, 2.05) is 12.1 Å². The summed E-state index contributed by atoms with van der Waals surface area (Å²) < 4.78 is 23.5. The van der Waals surface area contributed by atoms with E-state index < -0.39 is 6.08 Å². The van der Waals surface area contributed by atoms with Crippen LogP contribution in [0.2, 0.25) is 0 Å². The molecular formula is C9H7BrF2. The smallest absolute Gasteiger partial charge is 0.173 e. The Kier molecular flexibility index (Phi) is 3.41. The van der Waals surface area contributed by atoms with Crippen LogP contribution in [0.25, 0.3) is 6.08 Å². The average Bonchev–Trinajstić information content (AvgIpc) is 2.05. The Morgan fingerprint density at radius 3 is 2.25 bits per heavy atom. The highest BCUT2D eigenvalue weighted by Crippen LogP contribution is 2.11. The van der Waals surface area contributed by atoms with Crippen molar-refractivity contribution in [2.24, 2.45) is 0 Å². The largest absolute Gasteiger partial charge is 0.270 e. The molecule has 64 valence electrons. The minimum Gasteiger partial charge on any atom is -0.173 e. The van der Waals surface area contributed by atoms with E-state index in [0.717, 1.165) is 17.0 Å². The van der Waals surface area contributed by atoms with E-state index in [-0.39, 0.29) is 0 Å². The lowest BCUT2D eigenvalue weighted by atomic mass is 10.1. The minimum absolute atomic E-state index is 0.528. The third kappa shape index (κ3) is 2.74. The molecular weight excluding hydrogens is 226 g/mol. The zero-order valence-corrected chi connectivity index (χ0v) is 7.81. The van der Waals surface area contributed by atoms with Crippen molar-refractivity contribution in [1.82, 2.24) is 0 Å². The van der Waals surface area contributed by atoms with Crippen LogP contribution in [-0.4, -0.2) is 0 Å². The SMILES string of the molecule is FC(F)=Cc1ccc(CBr)cc1. The van der Waals surface area contributed by atoms with Gasteiger partial charge in [0.15, 0.2) is 0 Å². The molecule has 0 aliphatic carbocycles. The van der Waals surface area contributed by atoms with Gasteiger partial charge in [0.1, 0.15) is 0 Å². The van der Waals surface area contributed by atoms with E-state index in [4.69, 9.17) is 0 Å². The van der Waals surface area contributed by atoms with E-state index in [2.05, 4.69) is 15.9 Å². The lowest BCUT2D eigenvalue weighted by molar-refractivity contribution is 0.429. The summed E-state index contributed by atoms with van der Waals surface area (Å²) in [6, 6.07) is 6.94. The van der Waals surface area contributed by atoms with Crippen LogP contribution in [0.4, 0.5) is 8.78 Å². The molecule has 0 amide bonds. The van der Waals surface area contributed by atoms with E-state index in [1.165, 1.54) is 0 Å². The molecule has 0 radical (unpaired) electrons. The minimum atomic E-state index is -1.67. The molecule has 0 heterocycles. The van der Waals surface area contributed by atoms with Crippen LogP contribution in [0.5, 0.6) is 0 Å². The number of halogens is 3. The van der Waals surface area contributed by atoms with Gasteiger partial charge in [-0.3, -0.25) is 0 Å². The molecule has 1 aromatic carbocycles. The number of hydrogen-bond donors (Lipinski definition) is 0. The zero-order chi connectivity index (χ0) is 8.97. The first-order valence-corrected chi connectivity index (χ1v) is 4.52. The highest BCUT2D eigenvalue weighted by atomic mass is 79.9. The first-order valence-electron chi connectivity index (χ1n) is 3.40. The molecule has 0 saturated carbocycles. The quantitative estimate of drug-likeness (QED) is 0.681. The van der Waals surface area contributed by atoms with Crippen LogP contribution < -0.4 is 0 Å². The average molecular weight is 233 g/mol. The van der Waals surface area contributed by atoms with Crippen LogP contribution in [0.15, 0.2) is 30.3 Å². The van der Waals surface area contributed by atoms with Crippen molar-refractivity contribution >= 4 is 22.0 Å². The summed E-state index contributed by atoms with van der Waals surface area (Å²) >= 11 is 3.27. The van der Waals surface area contributed by atoms with Gasteiger partial charge in [0.05, 0.1) is 0 Å². The molecule has 0 aliphatic heterocycles. The van der Waals surface area contributed by atoms with Crippen molar-refractivity contribution in [2.45, 2.75) is 5.33 Å². The number of benzene rings is 1. The van der Waals surface area contributed by atoms with Crippen LogP contribution in [0.1, 0.15) is 11.1 Å². The maximum atomic E-state index is 11.8. The molecule has 0 nitrogen and oxygen atoms in total. The van der Waals surface area contributed by atoms with Crippen LogP contribution in [0.3, 0.4) is 0 Å². The Hall–Kier alpha value is -0.700. The third-order valence-electron chi connectivity index (χ3n) is 1.41. The van der Waals surface area contributed by atoms with Crippen molar-refractivity contribution in [1.29, 1.82) is 0 Å². The Balaban J connectivity index is 2.85. The van der Waals surface area contributed by atoms with Gasteiger partial charge in [-0.05, 0) is 11.1 Å². The van der Waals surface area contributed by atoms with Gasteiger partial charge in [0.25, 0.3) is 6.08 Å². The monoisotopic (exact) mass is 232 g/mol. The fraction of sp³-hybridized carbons (Fsp3) is 0.111. The molecule has 0 bridgehead atoms. The fourth-order valence-electron chi connectivity index (χ4n) is 0.829. The van der Waals surface area contributed by atoms with Gasteiger partial charge in [-0.1, -0.05) is 40.2 Å². The number of alkyl halides is 1.